The second-order valence-electron chi connectivity index (χ2n) is 8.80. The van der Waals surface area contributed by atoms with Gasteiger partial charge in [-0.25, -0.2) is 8.42 Å². The lowest BCUT2D eigenvalue weighted by Crippen LogP contribution is -2.45. The first-order chi connectivity index (χ1) is 16.3. The summed E-state index contributed by atoms with van der Waals surface area (Å²) in [5, 5.41) is 2.23. The SMILES string of the molecule is Cc1cc(N2CCC(NC(=O)CC(C)S(=O)(=O)c3ccc(-c4ccncc4)cc3)CC2)ccn1. The number of carbonyl (C=O) groups excluding carboxylic acids is 1. The lowest BCUT2D eigenvalue weighted by atomic mass is 10.0. The van der Waals surface area contributed by atoms with Gasteiger partial charge in [-0.1, -0.05) is 12.1 Å². The second-order valence-corrected chi connectivity index (χ2v) is 11.2. The number of piperidine rings is 1. The summed E-state index contributed by atoms with van der Waals surface area (Å²) in [6.07, 6.45) is 6.80. The number of amides is 1. The van der Waals surface area contributed by atoms with Gasteiger partial charge in [-0.2, -0.15) is 0 Å². The highest BCUT2D eigenvalue weighted by Crippen LogP contribution is 2.24. The number of hydrogen-bond donors (Lipinski definition) is 1. The zero-order chi connectivity index (χ0) is 24.1. The molecule has 1 aliphatic heterocycles. The van der Waals surface area contributed by atoms with Crippen molar-refractivity contribution in [3.8, 4) is 11.1 Å². The number of anilines is 1. The summed E-state index contributed by atoms with van der Waals surface area (Å²) in [4.78, 5) is 23.4. The van der Waals surface area contributed by atoms with Crippen molar-refractivity contribution in [1.82, 2.24) is 15.3 Å². The van der Waals surface area contributed by atoms with E-state index in [1.165, 1.54) is 0 Å². The highest BCUT2D eigenvalue weighted by atomic mass is 32.2. The minimum Gasteiger partial charge on any atom is -0.371 e. The van der Waals surface area contributed by atoms with E-state index in [0.29, 0.717) is 0 Å². The van der Waals surface area contributed by atoms with Crippen LogP contribution in [0.3, 0.4) is 0 Å². The van der Waals surface area contributed by atoms with E-state index in [1.54, 1.807) is 43.6 Å². The van der Waals surface area contributed by atoms with E-state index in [-0.39, 0.29) is 23.3 Å². The van der Waals surface area contributed by atoms with E-state index < -0.39 is 15.1 Å². The summed E-state index contributed by atoms with van der Waals surface area (Å²) in [5.74, 6) is -0.220. The standard InChI is InChI=1S/C26H30N4O3S/c1-19-17-24(9-14-28-19)30-15-10-23(11-16-30)29-26(31)18-20(2)34(32,33)25-5-3-21(4-6-25)22-7-12-27-13-8-22/h3-9,12-14,17,20,23H,10-11,15-16,18H2,1-2H3,(H,29,31). The Morgan fingerprint density at radius 3 is 2.32 bits per heavy atom. The molecule has 0 radical (unpaired) electrons. The van der Waals surface area contributed by atoms with Gasteiger partial charge >= 0.3 is 0 Å². The van der Waals surface area contributed by atoms with Crippen molar-refractivity contribution >= 4 is 21.4 Å². The van der Waals surface area contributed by atoms with E-state index in [1.807, 2.05) is 31.3 Å². The van der Waals surface area contributed by atoms with Crippen LogP contribution in [0.2, 0.25) is 0 Å². The molecule has 4 rings (SSSR count). The fourth-order valence-electron chi connectivity index (χ4n) is 4.28. The van der Waals surface area contributed by atoms with Gasteiger partial charge in [0.05, 0.1) is 10.1 Å². The Morgan fingerprint density at radius 1 is 1.03 bits per heavy atom. The summed E-state index contributed by atoms with van der Waals surface area (Å²) in [5.41, 5.74) is 4.01. The van der Waals surface area contributed by atoms with E-state index >= 15 is 0 Å². The van der Waals surface area contributed by atoms with Gasteiger partial charge in [-0.05, 0) is 74.2 Å². The van der Waals surface area contributed by atoms with Gasteiger partial charge < -0.3 is 10.2 Å². The van der Waals surface area contributed by atoms with Crippen molar-refractivity contribution in [3.05, 3.63) is 72.8 Å². The molecule has 2 aromatic heterocycles. The molecule has 1 saturated heterocycles. The average Bonchev–Trinajstić information content (AvgIpc) is 2.85. The maximum absolute atomic E-state index is 13.0. The first-order valence-corrected chi connectivity index (χ1v) is 13.1. The van der Waals surface area contributed by atoms with Crippen molar-refractivity contribution < 1.29 is 13.2 Å². The summed E-state index contributed by atoms with van der Waals surface area (Å²) in [6, 6.07) is 14.7. The van der Waals surface area contributed by atoms with E-state index in [4.69, 9.17) is 0 Å². The number of benzene rings is 1. The second kappa shape index (κ2) is 10.3. The number of carbonyl (C=O) groups is 1. The third kappa shape index (κ3) is 5.62. The van der Waals surface area contributed by atoms with Crippen LogP contribution in [0, 0.1) is 6.92 Å². The number of hydrogen-bond acceptors (Lipinski definition) is 6. The number of pyridine rings is 2. The van der Waals surface area contributed by atoms with Crippen LogP contribution in [-0.2, 0) is 14.6 Å². The van der Waals surface area contributed by atoms with Gasteiger partial charge in [0.2, 0.25) is 5.91 Å². The molecule has 3 aromatic rings. The van der Waals surface area contributed by atoms with Crippen molar-refractivity contribution in [2.45, 2.75) is 49.3 Å². The molecule has 0 bridgehead atoms. The van der Waals surface area contributed by atoms with Crippen molar-refractivity contribution in [3.63, 3.8) is 0 Å². The molecule has 0 spiro atoms. The zero-order valence-electron chi connectivity index (χ0n) is 19.5. The largest absolute Gasteiger partial charge is 0.371 e. The summed E-state index contributed by atoms with van der Waals surface area (Å²) >= 11 is 0. The highest BCUT2D eigenvalue weighted by Gasteiger charge is 2.27. The Hall–Kier alpha value is -3.26. The molecule has 1 aliphatic rings. The Morgan fingerprint density at radius 2 is 1.68 bits per heavy atom. The lowest BCUT2D eigenvalue weighted by Gasteiger charge is -2.34. The molecule has 7 nitrogen and oxygen atoms in total. The minimum absolute atomic E-state index is 0.0567. The fourth-order valence-corrected chi connectivity index (χ4v) is 5.63. The fraction of sp³-hybridized carbons (Fsp3) is 0.346. The molecule has 1 aromatic carbocycles. The summed E-state index contributed by atoms with van der Waals surface area (Å²) in [7, 11) is -3.61. The summed E-state index contributed by atoms with van der Waals surface area (Å²) < 4.78 is 26.1. The minimum atomic E-state index is -3.61. The molecule has 0 aliphatic carbocycles. The van der Waals surface area contributed by atoms with Crippen LogP contribution in [0.4, 0.5) is 5.69 Å². The molecular weight excluding hydrogens is 448 g/mol. The van der Waals surface area contributed by atoms with Gasteiger partial charge in [0, 0.05) is 55.5 Å². The quantitative estimate of drug-likeness (QED) is 0.556. The van der Waals surface area contributed by atoms with Crippen LogP contribution in [0.5, 0.6) is 0 Å². The number of nitrogens with one attached hydrogen (secondary N) is 1. The average molecular weight is 479 g/mol. The number of aryl methyl sites for hydroxylation is 1. The first kappa shape index (κ1) is 23.9. The van der Waals surface area contributed by atoms with Gasteiger partial charge in [0.25, 0.3) is 0 Å². The van der Waals surface area contributed by atoms with Crippen LogP contribution in [0.25, 0.3) is 11.1 Å². The van der Waals surface area contributed by atoms with Crippen LogP contribution in [0.1, 0.15) is 31.9 Å². The van der Waals surface area contributed by atoms with Gasteiger partial charge in [0.1, 0.15) is 0 Å². The van der Waals surface area contributed by atoms with E-state index in [2.05, 4.69) is 26.3 Å². The molecule has 3 heterocycles. The summed E-state index contributed by atoms with van der Waals surface area (Å²) in [6.45, 7) is 5.25. The van der Waals surface area contributed by atoms with E-state index in [0.717, 1.165) is 48.4 Å². The molecule has 1 amide bonds. The van der Waals surface area contributed by atoms with E-state index in [9.17, 15) is 13.2 Å². The molecule has 34 heavy (non-hydrogen) atoms. The molecule has 0 saturated carbocycles. The number of nitrogens with zero attached hydrogens (tertiary/aromatic N) is 3. The maximum atomic E-state index is 13.0. The molecular formula is C26H30N4O3S. The molecule has 1 atom stereocenters. The van der Waals surface area contributed by atoms with Crippen LogP contribution >= 0.6 is 0 Å². The Balaban J connectivity index is 1.31. The normalized spacial score (nSPS) is 15.6. The number of rotatable bonds is 7. The topological polar surface area (TPSA) is 92.3 Å². The molecule has 1 N–H and O–H groups in total. The third-order valence-corrected chi connectivity index (χ3v) is 8.46. The van der Waals surface area contributed by atoms with Crippen LogP contribution in [-0.4, -0.2) is 48.7 Å². The maximum Gasteiger partial charge on any atom is 0.221 e. The van der Waals surface area contributed by atoms with Crippen molar-refractivity contribution in [2.75, 3.05) is 18.0 Å². The lowest BCUT2D eigenvalue weighted by molar-refractivity contribution is -0.121. The van der Waals surface area contributed by atoms with Crippen molar-refractivity contribution in [2.24, 2.45) is 0 Å². The molecule has 1 unspecified atom stereocenters. The van der Waals surface area contributed by atoms with Gasteiger partial charge in [-0.15, -0.1) is 0 Å². The van der Waals surface area contributed by atoms with Crippen LogP contribution < -0.4 is 10.2 Å². The molecule has 1 fully saturated rings. The van der Waals surface area contributed by atoms with Gasteiger partial charge in [-0.3, -0.25) is 14.8 Å². The third-order valence-electron chi connectivity index (χ3n) is 6.30. The smallest absolute Gasteiger partial charge is 0.221 e. The van der Waals surface area contributed by atoms with Crippen molar-refractivity contribution in [1.29, 1.82) is 0 Å². The predicted octanol–water partition coefficient (Wildman–Crippen LogP) is 3.79. The number of sulfone groups is 1. The first-order valence-electron chi connectivity index (χ1n) is 11.5. The number of aromatic nitrogens is 2. The molecule has 178 valence electrons. The Labute approximate surface area is 201 Å². The monoisotopic (exact) mass is 478 g/mol. The Kier molecular flexibility index (Phi) is 7.26. The molecule has 8 heteroatoms. The zero-order valence-corrected chi connectivity index (χ0v) is 20.3. The highest BCUT2D eigenvalue weighted by molar-refractivity contribution is 7.92. The van der Waals surface area contributed by atoms with Gasteiger partial charge in [0.15, 0.2) is 9.84 Å². The van der Waals surface area contributed by atoms with Crippen LogP contribution in [0.15, 0.2) is 72.0 Å². The Bertz CT molecular complexity index is 1220. The predicted molar refractivity (Wildman–Crippen MR) is 133 cm³/mol.